The second-order valence-corrected chi connectivity index (χ2v) is 4.51. The highest BCUT2D eigenvalue weighted by atomic mass is 19.1. The molecule has 1 atom stereocenters. The number of imide groups is 1. The van der Waals surface area contributed by atoms with Gasteiger partial charge in [-0.25, -0.2) is 9.18 Å². The number of benzene rings is 1. The Kier molecular flexibility index (Phi) is 3.53. The van der Waals surface area contributed by atoms with Crippen LogP contribution in [0.1, 0.15) is 12.5 Å². The zero-order valence-electron chi connectivity index (χ0n) is 10.8. The first-order valence-corrected chi connectivity index (χ1v) is 5.88. The first-order valence-electron chi connectivity index (χ1n) is 5.88. The molecule has 0 spiro atoms. The molecule has 0 saturated carbocycles. The van der Waals surface area contributed by atoms with Crippen LogP contribution >= 0.6 is 0 Å². The minimum Gasteiger partial charge on any atom is -0.383 e. The van der Waals surface area contributed by atoms with E-state index >= 15 is 0 Å². The predicted octanol–water partition coefficient (Wildman–Crippen LogP) is 1.24. The fourth-order valence-electron chi connectivity index (χ4n) is 2.06. The average Bonchev–Trinajstić information content (AvgIpc) is 2.60. The van der Waals surface area contributed by atoms with E-state index in [1.54, 1.807) is 6.92 Å². The normalized spacial score (nSPS) is 22.8. The summed E-state index contributed by atoms with van der Waals surface area (Å²) in [7, 11) is 1.50. The molecule has 3 amide bonds. The van der Waals surface area contributed by atoms with Gasteiger partial charge in [0.2, 0.25) is 0 Å². The summed E-state index contributed by atoms with van der Waals surface area (Å²) >= 11 is 0. The third-order valence-electron chi connectivity index (χ3n) is 3.22. The second kappa shape index (κ2) is 4.97. The fraction of sp³-hybridized carbons (Fsp3) is 0.385. The van der Waals surface area contributed by atoms with Gasteiger partial charge in [-0.1, -0.05) is 12.1 Å². The molecule has 0 aromatic heterocycles. The van der Waals surface area contributed by atoms with Gasteiger partial charge in [-0.3, -0.25) is 9.69 Å². The van der Waals surface area contributed by atoms with Gasteiger partial charge in [0.1, 0.15) is 11.4 Å². The molecule has 1 aromatic rings. The topological polar surface area (TPSA) is 58.6 Å². The summed E-state index contributed by atoms with van der Waals surface area (Å²) in [5, 5.41) is 2.63. The Morgan fingerprint density at radius 3 is 2.53 bits per heavy atom. The minimum absolute atomic E-state index is 0.192. The number of methoxy groups -OCH3 is 1. The quantitative estimate of drug-likeness (QED) is 0.834. The van der Waals surface area contributed by atoms with E-state index in [9.17, 15) is 14.0 Å². The van der Waals surface area contributed by atoms with Crippen molar-refractivity contribution in [1.29, 1.82) is 0 Å². The number of carbonyl (C=O) groups is 2. The Hall–Kier alpha value is -1.95. The number of hydrogen-bond donors (Lipinski definition) is 1. The van der Waals surface area contributed by atoms with Gasteiger partial charge in [0, 0.05) is 7.11 Å². The largest absolute Gasteiger partial charge is 0.383 e. The summed E-state index contributed by atoms with van der Waals surface area (Å²) in [5.74, 6) is -0.749. The van der Waals surface area contributed by atoms with Gasteiger partial charge < -0.3 is 10.1 Å². The number of urea groups is 1. The van der Waals surface area contributed by atoms with Crippen molar-refractivity contribution in [2.75, 3.05) is 20.3 Å². The summed E-state index contributed by atoms with van der Waals surface area (Å²) in [4.78, 5) is 25.2. The molecular formula is C13H15FN2O3. The maximum Gasteiger partial charge on any atom is 0.325 e. The van der Waals surface area contributed by atoms with Crippen LogP contribution in [0.25, 0.3) is 0 Å². The molecule has 5 nitrogen and oxygen atoms in total. The first kappa shape index (κ1) is 13.5. The van der Waals surface area contributed by atoms with Crippen molar-refractivity contribution in [3.8, 4) is 0 Å². The maximum absolute atomic E-state index is 12.9. The number of ether oxygens (including phenoxy) is 1. The number of nitrogens with one attached hydrogen (secondary N) is 1. The Morgan fingerprint density at radius 2 is 1.95 bits per heavy atom. The standard InChI is InChI=1S/C13H15FN2O3/c1-13(9-3-5-10(14)6-4-9)11(17)16(7-8-19-2)12(18)15-13/h3-6H,7-8H2,1-2H3,(H,15,18). The minimum atomic E-state index is -1.15. The lowest BCUT2D eigenvalue weighted by Crippen LogP contribution is -2.41. The van der Waals surface area contributed by atoms with Gasteiger partial charge in [0.15, 0.2) is 0 Å². The Morgan fingerprint density at radius 1 is 1.32 bits per heavy atom. The lowest BCUT2D eigenvalue weighted by atomic mass is 9.92. The van der Waals surface area contributed by atoms with Crippen molar-refractivity contribution < 1.29 is 18.7 Å². The zero-order chi connectivity index (χ0) is 14.0. The van der Waals surface area contributed by atoms with Crippen LogP contribution in [0.4, 0.5) is 9.18 Å². The third-order valence-corrected chi connectivity index (χ3v) is 3.22. The number of halogens is 1. The Labute approximate surface area is 110 Å². The van der Waals surface area contributed by atoms with Gasteiger partial charge in [-0.05, 0) is 24.6 Å². The van der Waals surface area contributed by atoms with E-state index in [-0.39, 0.29) is 24.9 Å². The SMILES string of the molecule is COCCN1C(=O)NC(C)(c2ccc(F)cc2)C1=O. The van der Waals surface area contributed by atoms with Crippen molar-refractivity contribution in [3.63, 3.8) is 0 Å². The van der Waals surface area contributed by atoms with Crippen LogP contribution in [0, 0.1) is 5.82 Å². The fourth-order valence-corrected chi connectivity index (χ4v) is 2.06. The molecule has 1 N–H and O–H groups in total. The van der Waals surface area contributed by atoms with Crippen molar-refractivity contribution in [2.45, 2.75) is 12.5 Å². The van der Waals surface area contributed by atoms with E-state index in [2.05, 4.69) is 5.32 Å². The highest BCUT2D eigenvalue weighted by Gasteiger charge is 2.48. The van der Waals surface area contributed by atoms with Crippen LogP contribution in [0.5, 0.6) is 0 Å². The monoisotopic (exact) mass is 266 g/mol. The van der Waals surface area contributed by atoms with E-state index < -0.39 is 11.6 Å². The predicted molar refractivity (Wildman–Crippen MR) is 65.9 cm³/mol. The average molecular weight is 266 g/mol. The van der Waals surface area contributed by atoms with E-state index in [0.29, 0.717) is 5.56 Å². The zero-order valence-corrected chi connectivity index (χ0v) is 10.8. The van der Waals surface area contributed by atoms with Gasteiger partial charge >= 0.3 is 6.03 Å². The van der Waals surface area contributed by atoms with Gasteiger partial charge in [-0.15, -0.1) is 0 Å². The Balaban J connectivity index is 2.27. The van der Waals surface area contributed by atoms with Crippen LogP contribution in [0.3, 0.4) is 0 Å². The van der Waals surface area contributed by atoms with Crippen LogP contribution in [0.2, 0.25) is 0 Å². The van der Waals surface area contributed by atoms with E-state index in [1.165, 1.54) is 31.4 Å². The molecule has 0 bridgehead atoms. The van der Waals surface area contributed by atoms with Gasteiger partial charge in [0.05, 0.1) is 13.2 Å². The second-order valence-electron chi connectivity index (χ2n) is 4.51. The molecule has 102 valence electrons. The molecule has 0 aliphatic carbocycles. The summed E-state index contributed by atoms with van der Waals surface area (Å²) in [5.41, 5.74) is -0.606. The number of nitrogens with zero attached hydrogens (tertiary/aromatic N) is 1. The molecular weight excluding hydrogens is 251 g/mol. The van der Waals surface area contributed by atoms with Crippen molar-refractivity contribution in [1.82, 2.24) is 10.2 Å². The van der Waals surface area contributed by atoms with Crippen molar-refractivity contribution in [3.05, 3.63) is 35.6 Å². The molecule has 1 fully saturated rings. The van der Waals surface area contributed by atoms with E-state index in [4.69, 9.17) is 4.74 Å². The lowest BCUT2D eigenvalue weighted by molar-refractivity contribution is -0.131. The highest BCUT2D eigenvalue weighted by Crippen LogP contribution is 2.28. The molecule has 1 heterocycles. The van der Waals surface area contributed by atoms with Crippen LogP contribution in [-0.4, -0.2) is 37.1 Å². The number of amides is 3. The molecule has 19 heavy (non-hydrogen) atoms. The van der Waals surface area contributed by atoms with Gasteiger partial charge in [0.25, 0.3) is 5.91 Å². The summed E-state index contributed by atoms with van der Waals surface area (Å²) in [6.07, 6.45) is 0. The number of carbonyl (C=O) groups excluding carboxylic acids is 2. The summed E-state index contributed by atoms with van der Waals surface area (Å²) in [6, 6.07) is 5.05. The Bertz CT molecular complexity index is 503. The smallest absolute Gasteiger partial charge is 0.325 e. The number of hydrogen-bond acceptors (Lipinski definition) is 3. The summed E-state index contributed by atoms with van der Waals surface area (Å²) < 4.78 is 17.8. The molecule has 6 heteroatoms. The third kappa shape index (κ3) is 2.31. The van der Waals surface area contributed by atoms with Crippen molar-refractivity contribution >= 4 is 11.9 Å². The van der Waals surface area contributed by atoms with Crippen molar-refractivity contribution in [2.24, 2.45) is 0 Å². The van der Waals surface area contributed by atoms with Crippen LogP contribution in [-0.2, 0) is 15.1 Å². The summed E-state index contributed by atoms with van der Waals surface area (Å²) in [6.45, 7) is 2.07. The molecule has 1 aromatic carbocycles. The lowest BCUT2D eigenvalue weighted by Gasteiger charge is -2.22. The van der Waals surface area contributed by atoms with Crippen LogP contribution in [0.15, 0.2) is 24.3 Å². The van der Waals surface area contributed by atoms with Crippen LogP contribution < -0.4 is 5.32 Å². The number of rotatable bonds is 4. The highest BCUT2D eigenvalue weighted by molar-refractivity contribution is 6.07. The maximum atomic E-state index is 12.9. The molecule has 1 aliphatic heterocycles. The molecule has 1 saturated heterocycles. The van der Waals surface area contributed by atoms with E-state index in [0.717, 1.165) is 4.90 Å². The van der Waals surface area contributed by atoms with Gasteiger partial charge in [-0.2, -0.15) is 0 Å². The molecule has 1 aliphatic rings. The van der Waals surface area contributed by atoms with E-state index in [1.807, 2.05) is 0 Å². The molecule has 1 unspecified atom stereocenters. The first-order chi connectivity index (χ1) is 8.99. The molecule has 2 rings (SSSR count). The molecule has 0 radical (unpaired) electrons.